The Hall–Kier alpha value is -3.17. The molecule has 0 aliphatic heterocycles. The number of carbonyl (C=O) groups is 2. The molecule has 0 unspecified atom stereocenters. The quantitative estimate of drug-likeness (QED) is 0.508. The van der Waals surface area contributed by atoms with Crippen molar-refractivity contribution in [2.24, 2.45) is 0 Å². The molecule has 172 valence electrons. The summed E-state index contributed by atoms with van der Waals surface area (Å²) in [4.78, 5) is 26.6. The van der Waals surface area contributed by atoms with E-state index in [0.29, 0.717) is 16.3 Å². The van der Waals surface area contributed by atoms with Crippen molar-refractivity contribution >= 4 is 43.9 Å². The molecule has 9 heteroatoms. The molecule has 1 aromatic heterocycles. The number of aryl methyl sites for hydroxylation is 2. The molecule has 33 heavy (non-hydrogen) atoms. The third-order valence-corrected chi connectivity index (χ3v) is 8.50. The van der Waals surface area contributed by atoms with E-state index < -0.39 is 28.4 Å². The summed E-state index contributed by atoms with van der Waals surface area (Å²) in [6.45, 7) is 1.46. The fourth-order valence-electron chi connectivity index (χ4n) is 3.85. The molecule has 1 aliphatic carbocycles. The largest absolute Gasteiger partial charge is 0.465 e. The lowest BCUT2D eigenvalue weighted by Gasteiger charge is -2.24. The van der Waals surface area contributed by atoms with Gasteiger partial charge in [0.2, 0.25) is 5.91 Å². The normalized spacial score (nSPS) is 12.8. The number of nitrogens with zero attached hydrogens (tertiary/aromatic N) is 1. The lowest BCUT2D eigenvalue weighted by atomic mass is 10.1. The van der Waals surface area contributed by atoms with Gasteiger partial charge in [0, 0.05) is 4.88 Å². The molecule has 0 saturated carbocycles. The second kappa shape index (κ2) is 9.36. The average Bonchev–Trinajstić information content (AvgIpc) is 3.39. The van der Waals surface area contributed by atoms with Gasteiger partial charge in [-0.2, -0.15) is 0 Å². The summed E-state index contributed by atoms with van der Waals surface area (Å²) < 4.78 is 32.8. The Morgan fingerprint density at radius 2 is 1.76 bits per heavy atom. The van der Waals surface area contributed by atoms with E-state index in [4.69, 9.17) is 4.74 Å². The van der Waals surface area contributed by atoms with Crippen LogP contribution in [0.5, 0.6) is 0 Å². The van der Waals surface area contributed by atoms with Crippen molar-refractivity contribution in [2.45, 2.75) is 31.1 Å². The number of sulfonamides is 1. The summed E-state index contributed by atoms with van der Waals surface area (Å²) in [5.74, 6) is -1.04. The van der Waals surface area contributed by atoms with E-state index in [9.17, 15) is 18.0 Å². The number of esters is 1. The maximum Gasteiger partial charge on any atom is 0.341 e. The molecule has 1 amide bonds. The fraction of sp³-hybridized carbons (Fsp3) is 0.250. The van der Waals surface area contributed by atoms with Gasteiger partial charge in [-0.3, -0.25) is 9.10 Å². The minimum atomic E-state index is -4.00. The molecule has 2 aromatic carbocycles. The van der Waals surface area contributed by atoms with Crippen molar-refractivity contribution in [3.05, 3.63) is 76.2 Å². The van der Waals surface area contributed by atoms with Crippen LogP contribution in [0.1, 0.15) is 32.8 Å². The lowest BCUT2D eigenvalue weighted by Crippen LogP contribution is -2.38. The minimum Gasteiger partial charge on any atom is -0.465 e. The molecule has 7 nitrogen and oxygen atoms in total. The third kappa shape index (κ3) is 4.65. The van der Waals surface area contributed by atoms with Gasteiger partial charge in [0.1, 0.15) is 11.5 Å². The second-order valence-corrected chi connectivity index (χ2v) is 10.7. The molecule has 4 rings (SSSR count). The van der Waals surface area contributed by atoms with Crippen molar-refractivity contribution in [2.75, 3.05) is 23.3 Å². The number of ether oxygens (including phenoxy) is 1. The first-order chi connectivity index (χ1) is 15.8. The van der Waals surface area contributed by atoms with E-state index >= 15 is 0 Å². The van der Waals surface area contributed by atoms with Gasteiger partial charge in [0.25, 0.3) is 10.0 Å². The summed E-state index contributed by atoms with van der Waals surface area (Å²) >= 11 is 1.35. The molecule has 0 radical (unpaired) electrons. The first-order valence-electron chi connectivity index (χ1n) is 10.5. The fourth-order valence-corrected chi connectivity index (χ4v) is 6.59. The Balaban J connectivity index is 1.66. The molecule has 1 N–H and O–H groups in total. The number of anilines is 2. The maximum absolute atomic E-state index is 13.4. The number of carbonyl (C=O) groups excluding carboxylic acids is 2. The van der Waals surface area contributed by atoms with Gasteiger partial charge in [0.05, 0.1) is 23.3 Å². The Labute approximate surface area is 197 Å². The first kappa shape index (κ1) is 23.0. The zero-order chi connectivity index (χ0) is 23.6. The second-order valence-electron chi connectivity index (χ2n) is 7.76. The number of benzene rings is 2. The van der Waals surface area contributed by atoms with Crippen LogP contribution < -0.4 is 9.62 Å². The van der Waals surface area contributed by atoms with Crippen LogP contribution in [-0.2, 0) is 32.4 Å². The molecular weight excluding hydrogens is 460 g/mol. The lowest BCUT2D eigenvalue weighted by molar-refractivity contribution is -0.114. The summed E-state index contributed by atoms with van der Waals surface area (Å²) in [6, 6.07) is 14.9. The van der Waals surface area contributed by atoms with E-state index in [-0.39, 0.29) is 4.90 Å². The molecule has 3 aromatic rings. The van der Waals surface area contributed by atoms with Gasteiger partial charge in [0.15, 0.2) is 0 Å². The van der Waals surface area contributed by atoms with E-state index in [1.165, 1.54) is 30.6 Å². The number of methoxy groups -OCH3 is 1. The first-order valence-corrected chi connectivity index (χ1v) is 12.7. The van der Waals surface area contributed by atoms with Crippen LogP contribution in [0.4, 0.5) is 10.7 Å². The van der Waals surface area contributed by atoms with Crippen LogP contribution in [0.25, 0.3) is 0 Å². The van der Waals surface area contributed by atoms with Crippen LogP contribution in [0.3, 0.4) is 0 Å². The van der Waals surface area contributed by atoms with Gasteiger partial charge < -0.3 is 10.1 Å². The zero-order valence-corrected chi connectivity index (χ0v) is 20.0. The predicted molar refractivity (Wildman–Crippen MR) is 128 cm³/mol. The molecule has 1 aliphatic rings. The molecule has 0 spiro atoms. The van der Waals surface area contributed by atoms with Gasteiger partial charge >= 0.3 is 5.97 Å². The monoisotopic (exact) mass is 484 g/mol. The van der Waals surface area contributed by atoms with E-state index in [1.807, 2.05) is 6.92 Å². The van der Waals surface area contributed by atoms with Crippen LogP contribution in [0.15, 0.2) is 59.5 Å². The summed E-state index contributed by atoms with van der Waals surface area (Å²) in [5, 5.41) is 3.16. The topological polar surface area (TPSA) is 92.8 Å². The van der Waals surface area contributed by atoms with Crippen LogP contribution in [0.2, 0.25) is 0 Å². The SMILES string of the molecule is COC(=O)c1c(NC(=O)CN(c2ccc(C)cc2)S(=O)(=O)c2ccccc2)sc2c1CCC2. The van der Waals surface area contributed by atoms with Crippen LogP contribution >= 0.6 is 11.3 Å². The number of hydrogen-bond donors (Lipinski definition) is 1. The van der Waals surface area contributed by atoms with E-state index in [0.717, 1.165) is 39.6 Å². The molecule has 0 saturated heterocycles. The molecule has 0 fully saturated rings. The molecule has 1 heterocycles. The zero-order valence-electron chi connectivity index (χ0n) is 18.3. The highest BCUT2D eigenvalue weighted by atomic mass is 32.2. The summed E-state index contributed by atoms with van der Waals surface area (Å²) in [6.07, 6.45) is 2.55. The predicted octanol–water partition coefficient (Wildman–Crippen LogP) is 4.17. The number of thiophene rings is 1. The number of fused-ring (bicyclic) bond motifs is 1. The van der Waals surface area contributed by atoms with Crippen molar-refractivity contribution in [3.8, 4) is 0 Å². The van der Waals surface area contributed by atoms with Crippen molar-refractivity contribution in [3.63, 3.8) is 0 Å². The third-order valence-electron chi connectivity index (χ3n) is 5.50. The van der Waals surface area contributed by atoms with Crippen molar-refractivity contribution < 1.29 is 22.7 Å². The van der Waals surface area contributed by atoms with Gasteiger partial charge in [-0.15, -0.1) is 11.3 Å². The average molecular weight is 485 g/mol. The highest BCUT2D eigenvalue weighted by Gasteiger charge is 2.30. The molecule has 0 bridgehead atoms. The number of nitrogens with one attached hydrogen (secondary N) is 1. The van der Waals surface area contributed by atoms with Crippen LogP contribution in [0, 0.1) is 6.92 Å². The van der Waals surface area contributed by atoms with E-state index in [1.54, 1.807) is 42.5 Å². The van der Waals surface area contributed by atoms with Gasteiger partial charge in [-0.1, -0.05) is 35.9 Å². The summed E-state index contributed by atoms with van der Waals surface area (Å²) in [5.41, 5.74) is 2.63. The Bertz CT molecular complexity index is 1280. The summed E-state index contributed by atoms with van der Waals surface area (Å²) in [7, 11) is -2.69. The minimum absolute atomic E-state index is 0.0868. The molecular formula is C24H24N2O5S2. The Kier molecular flexibility index (Phi) is 6.53. The highest BCUT2D eigenvalue weighted by molar-refractivity contribution is 7.92. The number of amides is 1. The molecule has 0 atom stereocenters. The smallest absolute Gasteiger partial charge is 0.341 e. The van der Waals surface area contributed by atoms with Gasteiger partial charge in [-0.25, -0.2) is 13.2 Å². The number of hydrogen-bond acceptors (Lipinski definition) is 6. The van der Waals surface area contributed by atoms with Crippen molar-refractivity contribution in [1.82, 2.24) is 0 Å². The highest BCUT2D eigenvalue weighted by Crippen LogP contribution is 2.39. The Morgan fingerprint density at radius 1 is 1.06 bits per heavy atom. The standard InChI is InChI=1S/C24H24N2O5S2/c1-16-11-13-17(14-12-16)26(33(29,30)18-7-4-3-5-8-18)15-21(27)25-23-22(24(28)31-2)19-9-6-10-20(19)32-23/h3-5,7-8,11-14H,6,9-10,15H2,1-2H3,(H,25,27). The Morgan fingerprint density at radius 3 is 2.42 bits per heavy atom. The maximum atomic E-state index is 13.4. The van der Waals surface area contributed by atoms with E-state index in [2.05, 4.69) is 5.32 Å². The number of rotatable bonds is 7. The van der Waals surface area contributed by atoms with Crippen molar-refractivity contribution in [1.29, 1.82) is 0 Å². The van der Waals surface area contributed by atoms with Crippen LogP contribution in [-0.4, -0.2) is 33.9 Å². The van der Waals surface area contributed by atoms with Gasteiger partial charge in [-0.05, 0) is 56.0 Å².